The van der Waals surface area contributed by atoms with Crippen LogP contribution in [0.25, 0.3) is 0 Å². The number of nitrogens with zero attached hydrogens (tertiary/aromatic N) is 1. The summed E-state index contributed by atoms with van der Waals surface area (Å²) in [6.45, 7) is 2.23. The molecule has 1 N–H and O–H groups in total. The van der Waals surface area contributed by atoms with Gasteiger partial charge in [0.1, 0.15) is 5.60 Å². The summed E-state index contributed by atoms with van der Waals surface area (Å²) >= 11 is 11.4. The fourth-order valence-corrected chi connectivity index (χ4v) is 2.56. The van der Waals surface area contributed by atoms with E-state index in [4.69, 9.17) is 23.2 Å². The van der Waals surface area contributed by atoms with Crippen molar-refractivity contribution in [2.24, 2.45) is 0 Å². The lowest BCUT2D eigenvalue weighted by atomic mass is 9.85. The molecule has 0 amide bonds. The van der Waals surface area contributed by atoms with Crippen molar-refractivity contribution in [2.45, 2.75) is 37.7 Å². The number of hydrogen-bond donors (Lipinski definition) is 1. The van der Waals surface area contributed by atoms with Crippen molar-refractivity contribution in [2.75, 3.05) is 31.4 Å². The summed E-state index contributed by atoms with van der Waals surface area (Å²) in [7, 11) is 0. The molecule has 1 aliphatic carbocycles. The molecule has 0 radical (unpaired) electrons. The average Bonchev–Trinajstić information content (AvgIpc) is 2.30. The molecule has 0 atom stereocenters. The molecular formula is C13H22Cl3NO. The maximum atomic E-state index is 10.2. The van der Waals surface area contributed by atoms with Gasteiger partial charge >= 0.3 is 0 Å². The second kappa shape index (κ2) is 10.2. The van der Waals surface area contributed by atoms with Gasteiger partial charge < -0.3 is 5.11 Å². The first-order valence-electron chi connectivity index (χ1n) is 6.27. The number of hydrogen-bond acceptors (Lipinski definition) is 2. The van der Waals surface area contributed by atoms with Crippen molar-refractivity contribution >= 4 is 35.6 Å². The highest BCUT2D eigenvalue weighted by Gasteiger charge is 2.26. The van der Waals surface area contributed by atoms with Gasteiger partial charge in [-0.1, -0.05) is 18.3 Å². The fourth-order valence-electron chi connectivity index (χ4n) is 2.09. The minimum Gasteiger partial charge on any atom is -0.378 e. The van der Waals surface area contributed by atoms with Crippen LogP contribution in [-0.4, -0.2) is 47.0 Å². The third-order valence-electron chi connectivity index (χ3n) is 3.11. The maximum absolute atomic E-state index is 10.2. The average molecular weight is 315 g/mol. The quantitative estimate of drug-likeness (QED) is 0.623. The van der Waals surface area contributed by atoms with E-state index in [1.165, 1.54) is 6.42 Å². The van der Waals surface area contributed by atoms with Crippen LogP contribution in [0.1, 0.15) is 32.1 Å². The van der Waals surface area contributed by atoms with Crippen LogP contribution in [-0.2, 0) is 0 Å². The molecule has 0 aliphatic heterocycles. The highest BCUT2D eigenvalue weighted by atomic mass is 35.5. The Hall–Kier alpha value is 0.350. The monoisotopic (exact) mass is 313 g/mol. The third kappa shape index (κ3) is 7.07. The number of halogens is 3. The Morgan fingerprint density at radius 2 is 1.61 bits per heavy atom. The third-order valence-corrected chi connectivity index (χ3v) is 3.44. The van der Waals surface area contributed by atoms with Crippen molar-refractivity contribution in [1.82, 2.24) is 4.90 Å². The van der Waals surface area contributed by atoms with E-state index in [0.717, 1.165) is 38.8 Å². The van der Waals surface area contributed by atoms with E-state index in [2.05, 4.69) is 16.7 Å². The summed E-state index contributed by atoms with van der Waals surface area (Å²) in [6.07, 6.45) is 5.00. The zero-order valence-electron chi connectivity index (χ0n) is 10.6. The Morgan fingerprint density at radius 1 is 1.06 bits per heavy atom. The molecule has 106 valence electrons. The minimum absolute atomic E-state index is 0. The Morgan fingerprint density at radius 3 is 2.11 bits per heavy atom. The molecular weight excluding hydrogens is 293 g/mol. The van der Waals surface area contributed by atoms with Gasteiger partial charge in [0.05, 0.1) is 6.54 Å². The molecule has 0 aromatic rings. The van der Waals surface area contributed by atoms with Crippen molar-refractivity contribution in [3.05, 3.63) is 0 Å². The summed E-state index contributed by atoms with van der Waals surface area (Å²) in [5.74, 6) is 7.27. The van der Waals surface area contributed by atoms with Crippen LogP contribution < -0.4 is 0 Å². The van der Waals surface area contributed by atoms with E-state index < -0.39 is 5.60 Å². The predicted molar refractivity (Wildman–Crippen MR) is 80.9 cm³/mol. The second-order valence-electron chi connectivity index (χ2n) is 4.55. The second-order valence-corrected chi connectivity index (χ2v) is 5.30. The molecule has 0 bridgehead atoms. The van der Waals surface area contributed by atoms with Crippen molar-refractivity contribution in [3.8, 4) is 11.8 Å². The molecule has 2 nitrogen and oxygen atoms in total. The Bertz CT molecular complexity index is 263. The van der Waals surface area contributed by atoms with Gasteiger partial charge in [-0.2, -0.15) is 0 Å². The van der Waals surface area contributed by atoms with Crippen LogP contribution in [0, 0.1) is 11.8 Å². The molecule has 1 saturated carbocycles. The summed E-state index contributed by atoms with van der Waals surface area (Å²) in [6, 6.07) is 0. The number of rotatable bonds is 5. The van der Waals surface area contributed by atoms with E-state index in [-0.39, 0.29) is 12.4 Å². The zero-order valence-corrected chi connectivity index (χ0v) is 13.0. The summed E-state index contributed by atoms with van der Waals surface area (Å²) < 4.78 is 0. The summed E-state index contributed by atoms with van der Waals surface area (Å²) in [5, 5.41) is 10.2. The fraction of sp³-hybridized carbons (Fsp3) is 0.846. The number of aliphatic hydroxyl groups is 1. The molecule has 0 heterocycles. The van der Waals surface area contributed by atoms with Gasteiger partial charge in [-0.25, -0.2) is 0 Å². The van der Waals surface area contributed by atoms with Crippen molar-refractivity contribution in [3.63, 3.8) is 0 Å². The Kier molecular flexibility index (Phi) is 10.4. The maximum Gasteiger partial charge on any atom is 0.125 e. The lowest BCUT2D eigenvalue weighted by Gasteiger charge is -2.26. The summed E-state index contributed by atoms with van der Waals surface area (Å²) in [5.41, 5.74) is -0.744. The van der Waals surface area contributed by atoms with Crippen molar-refractivity contribution < 1.29 is 5.11 Å². The SMILES string of the molecule is Cl.OC1(C#CCN(CCCl)CCCl)CCCCC1. The van der Waals surface area contributed by atoms with Crippen LogP contribution in [0.5, 0.6) is 0 Å². The largest absolute Gasteiger partial charge is 0.378 e. The Balaban J connectivity index is 0.00000289. The molecule has 5 heteroatoms. The smallest absolute Gasteiger partial charge is 0.125 e. The highest BCUT2D eigenvalue weighted by Crippen LogP contribution is 2.26. The van der Waals surface area contributed by atoms with Gasteiger partial charge in [0, 0.05) is 24.8 Å². The normalized spacial score (nSPS) is 17.8. The van der Waals surface area contributed by atoms with E-state index in [1.807, 2.05) is 0 Å². The van der Waals surface area contributed by atoms with Gasteiger partial charge in [-0.05, 0) is 25.7 Å². The van der Waals surface area contributed by atoms with Crippen molar-refractivity contribution in [1.29, 1.82) is 0 Å². The first-order chi connectivity index (χ1) is 8.20. The highest BCUT2D eigenvalue weighted by molar-refractivity contribution is 6.18. The predicted octanol–water partition coefficient (Wildman–Crippen LogP) is 2.89. The molecule has 1 rings (SSSR count). The van der Waals surface area contributed by atoms with Gasteiger partial charge in [-0.3, -0.25) is 4.90 Å². The standard InChI is InChI=1S/C13H21Cl2NO.ClH/c14-8-11-16(12-9-15)10-4-7-13(17)5-2-1-3-6-13;/h17H,1-3,5-6,8-12H2;1H. The molecule has 0 saturated heterocycles. The van der Waals surface area contributed by atoms with Gasteiger partial charge in [0.2, 0.25) is 0 Å². The van der Waals surface area contributed by atoms with Gasteiger partial charge in [0.15, 0.2) is 0 Å². The van der Waals surface area contributed by atoms with Crippen LogP contribution in [0.15, 0.2) is 0 Å². The van der Waals surface area contributed by atoms with Gasteiger partial charge in [-0.15, -0.1) is 35.6 Å². The van der Waals surface area contributed by atoms with E-state index in [0.29, 0.717) is 18.3 Å². The molecule has 0 aromatic carbocycles. The molecule has 1 aliphatic rings. The molecule has 0 spiro atoms. The first kappa shape index (κ1) is 18.4. The topological polar surface area (TPSA) is 23.5 Å². The molecule has 0 aromatic heterocycles. The Labute approximate surface area is 126 Å². The lowest BCUT2D eigenvalue weighted by Crippen LogP contribution is -2.31. The van der Waals surface area contributed by atoms with Crippen LogP contribution in [0.4, 0.5) is 0 Å². The molecule has 1 fully saturated rings. The minimum atomic E-state index is -0.744. The van der Waals surface area contributed by atoms with Crippen LogP contribution in [0.2, 0.25) is 0 Å². The summed E-state index contributed by atoms with van der Waals surface area (Å²) in [4.78, 5) is 2.11. The lowest BCUT2D eigenvalue weighted by molar-refractivity contribution is 0.0608. The van der Waals surface area contributed by atoms with E-state index in [9.17, 15) is 5.11 Å². The van der Waals surface area contributed by atoms with Crippen LogP contribution >= 0.6 is 35.6 Å². The zero-order chi connectivity index (χ0) is 12.6. The van der Waals surface area contributed by atoms with Crippen LogP contribution in [0.3, 0.4) is 0 Å². The molecule has 18 heavy (non-hydrogen) atoms. The molecule has 0 unspecified atom stereocenters. The van der Waals surface area contributed by atoms with Gasteiger partial charge in [0.25, 0.3) is 0 Å². The number of alkyl halides is 2. The first-order valence-corrected chi connectivity index (χ1v) is 7.34. The van der Waals surface area contributed by atoms with E-state index >= 15 is 0 Å². The van der Waals surface area contributed by atoms with E-state index in [1.54, 1.807) is 0 Å².